The van der Waals surface area contributed by atoms with E-state index in [2.05, 4.69) is 40.8 Å². The molecule has 0 aliphatic heterocycles. The molecule has 1 aliphatic rings. The van der Waals surface area contributed by atoms with Crippen molar-refractivity contribution >= 4 is 23.4 Å². The average Bonchev–Trinajstić information content (AvgIpc) is 2.94. The maximum Gasteiger partial charge on any atom is 0.145 e. The fraction of sp³-hybridized carbons (Fsp3) is 0.714. The number of rotatable bonds is 6. The fourth-order valence-corrected chi connectivity index (χ4v) is 3.53. The van der Waals surface area contributed by atoms with E-state index in [0.717, 1.165) is 18.2 Å². The number of nitrogens with two attached hydrogens (primary N) is 1. The van der Waals surface area contributed by atoms with Crippen LogP contribution in [-0.2, 0) is 0 Å². The summed E-state index contributed by atoms with van der Waals surface area (Å²) in [6.07, 6.45) is 7.44. The quantitative estimate of drug-likeness (QED) is 0.553. The first kappa shape index (κ1) is 15.4. The molecule has 20 heavy (non-hydrogen) atoms. The molecule has 5 nitrogen and oxygen atoms in total. The molecule has 4 N–H and O–H groups in total. The second kappa shape index (κ2) is 6.63. The van der Waals surface area contributed by atoms with Crippen LogP contribution < -0.4 is 16.6 Å². The van der Waals surface area contributed by atoms with Gasteiger partial charge in [-0.25, -0.2) is 15.8 Å². The fourth-order valence-electron chi connectivity index (χ4n) is 2.61. The Bertz CT molecular complexity index is 443. The molecule has 0 atom stereocenters. The van der Waals surface area contributed by atoms with E-state index in [9.17, 15) is 0 Å². The third-order valence-corrected chi connectivity index (χ3v) is 5.37. The number of hydrogen-bond acceptors (Lipinski definition) is 6. The van der Waals surface area contributed by atoms with E-state index in [4.69, 9.17) is 5.84 Å². The minimum Gasteiger partial charge on any atom is -0.369 e. The van der Waals surface area contributed by atoms with Crippen LogP contribution in [0.2, 0.25) is 0 Å². The van der Waals surface area contributed by atoms with Gasteiger partial charge in [-0.2, -0.15) is 11.8 Å². The van der Waals surface area contributed by atoms with E-state index >= 15 is 0 Å². The van der Waals surface area contributed by atoms with E-state index < -0.39 is 0 Å². The topological polar surface area (TPSA) is 75.9 Å². The Labute approximate surface area is 125 Å². The van der Waals surface area contributed by atoms with E-state index in [-0.39, 0.29) is 5.92 Å². The van der Waals surface area contributed by atoms with Crippen LogP contribution in [0.3, 0.4) is 0 Å². The Hall–Kier alpha value is -1.01. The molecule has 0 amide bonds. The largest absolute Gasteiger partial charge is 0.369 e. The first-order chi connectivity index (χ1) is 9.58. The summed E-state index contributed by atoms with van der Waals surface area (Å²) < 4.78 is 0.360. The van der Waals surface area contributed by atoms with Crippen molar-refractivity contribution in [3.05, 3.63) is 11.9 Å². The molecule has 0 bridgehead atoms. The van der Waals surface area contributed by atoms with Crippen LogP contribution in [0.1, 0.15) is 51.3 Å². The number of nitrogen functional groups attached to an aromatic ring is 1. The molecular formula is C14H25N5S. The molecule has 0 spiro atoms. The summed E-state index contributed by atoms with van der Waals surface area (Å²) in [6.45, 7) is 5.12. The molecule has 1 saturated carbocycles. The van der Waals surface area contributed by atoms with Gasteiger partial charge in [0.25, 0.3) is 0 Å². The summed E-state index contributed by atoms with van der Waals surface area (Å²) in [5.74, 6) is 8.10. The van der Waals surface area contributed by atoms with Crippen molar-refractivity contribution < 1.29 is 0 Å². The first-order valence-electron chi connectivity index (χ1n) is 7.23. The van der Waals surface area contributed by atoms with Gasteiger partial charge >= 0.3 is 0 Å². The lowest BCUT2D eigenvalue weighted by molar-refractivity contribution is 0.637. The summed E-state index contributed by atoms with van der Waals surface area (Å²) >= 11 is 1.97. The van der Waals surface area contributed by atoms with Crippen molar-refractivity contribution in [1.82, 2.24) is 9.97 Å². The minimum absolute atomic E-state index is 0.282. The highest BCUT2D eigenvalue weighted by molar-refractivity contribution is 8.00. The van der Waals surface area contributed by atoms with Gasteiger partial charge in [0.1, 0.15) is 17.5 Å². The van der Waals surface area contributed by atoms with Gasteiger partial charge in [-0.15, -0.1) is 0 Å². The number of hydrogen-bond donors (Lipinski definition) is 3. The number of nitrogens with one attached hydrogen (secondary N) is 2. The predicted octanol–water partition coefficient (Wildman–Crippen LogP) is 2.97. The number of thioether (sulfide) groups is 1. The van der Waals surface area contributed by atoms with E-state index in [0.29, 0.717) is 10.6 Å². The van der Waals surface area contributed by atoms with Gasteiger partial charge in [0.2, 0.25) is 0 Å². The van der Waals surface area contributed by atoms with Gasteiger partial charge in [-0.3, -0.25) is 0 Å². The van der Waals surface area contributed by atoms with Gasteiger partial charge in [0.15, 0.2) is 0 Å². The zero-order chi connectivity index (χ0) is 14.6. The molecule has 0 unspecified atom stereocenters. The van der Waals surface area contributed by atoms with E-state index in [1.54, 1.807) is 0 Å². The molecule has 1 aromatic heterocycles. The van der Waals surface area contributed by atoms with Gasteiger partial charge in [-0.05, 0) is 19.1 Å². The molecule has 2 rings (SSSR count). The molecule has 112 valence electrons. The Kier molecular flexibility index (Phi) is 5.10. The van der Waals surface area contributed by atoms with Crippen LogP contribution in [-0.4, -0.2) is 27.5 Å². The van der Waals surface area contributed by atoms with Crippen molar-refractivity contribution in [3.63, 3.8) is 0 Å². The summed E-state index contributed by atoms with van der Waals surface area (Å²) in [4.78, 5) is 8.96. The zero-order valence-corrected chi connectivity index (χ0v) is 13.4. The Morgan fingerprint density at radius 2 is 1.95 bits per heavy atom. The lowest BCUT2D eigenvalue weighted by Gasteiger charge is -2.27. The predicted molar refractivity (Wildman–Crippen MR) is 87.1 cm³/mol. The number of nitrogens with zero attached hydrogens (tertiary/aromatic N) is 2. The van der Waals surface area contributed by atoms with Gasteiger partial charge < -0.3 is 10.7 Å². The smallest absolute Gasteiger partial charge is 0.145 e. The number of aromatic nitrogens is 2. The summed E-state index contributed by atoms with van der Waals surface area (Å²) in [5.41, 5.74) is 2.62. The highest BCUT2D eigenvalue weighted by atomic mass is 32.2. The lowest BCUT2D eigenvalue weighted by Crippen LogP contribution is -2.30. The van der Waals surface area contributed by atoms with Gasteiger partial charge in [-0.1, -0.05) is 26.7 Å². The van der Waals surface area contributed by atoms with Gasteiger partial charge in [0, 0.05) is 23.3 Å². The maximum atomic E-state index is 5.49. The third-order valence-electron chi connectivity index (χ3n) is 3.95. The minimum atomic E-state index is 0.282. The second-order valence-electron chi connectivity index (χ2n) is 5.74. The molecule has 1 heterocycles. The SMILES string of the molecule is CSC1(CNc2cc(NN)nc(C(C)C)n2)CCCC1. The Morgan fingerprint density at radius 3 is 2.50 bits per heavy atom. The van der Waals surface area contributed by atoms with Gasteiger partial charge in [0.05, 0.1) is 0 Å². The molecule has 0 aromatic carbocycles. The van der Waals surface area contributed by atoms with Crippen molar-refractivity contribution in [2.75, 3.05) is 23.5 Å². The van der Waals surface area contributed by atoms with Crippen molar-refractivity contribution in [1.29, 1.82) is 0 Å². The molecule has 0 radical (unpaired) electrons. The zero-order valence-electron chi connectivity index (χ0n) is 12.6. The standard InChI is InChI=1S/C14H25N5S/c1-10(2)13-17-11(8-12(18-13)19-15)16-9-14(20-3)6-4-5-7-14/h8,10H,4-7,9,15H2,1-3H3,(H2,16,17,18,19). The summed E-state index contributed by atoms with van der Waals surface area (Å²) in [5, 5.41) is 3.48. The third kappa shape index (κ3) is 3.55. The van der Waals surface area contributed by atoms with Crippen molar-refractivity contribution in [2.45, 2.75) is 50.2 Å². The highest BCUT2D eigenvalue weighted by Crippen LogP contribution is 2.40. The van der Waals surface area contributed by atoms with Crippen molar-refractivity contribution in [2.24, 2.45) is 5.84 Å². The molecule has 0 saturated heterocycles. The molecule has 1 fully saturated rings. The second-order valence-corrected chi connectivity index (χ2v) is 7.02. The Morgan fingerprint density at radius 1 is 1.30 bits per heavy atom. The maximum absolute atomic E-state index is 5.49. The summed E-state index contributed by atoms with van der Waals surface area (Å²) in [6, 6.07) is 1.87. The van der Waals surface area contributed by atoms with E-state index in [1.165, 1.54) is 25.7 Å². The molecular weight excluding hydrogens is 270 g/mol. The normalized spacial score (nSPS) is 17.4. The lowest BCUT2D eigenvalue weighted by atomic mass is 10.1. The van der Waals surface area contributed by atoms with E-state index in [1.807, 2.05) is 17.8 Å². The average molecular weight is 295 g/mol. The molecule has 1 aliphatic carbocycles. The molecule has 6 heteroatoms. The van der Waals surface area contributed by atoms with Crippen LogP contribution in [0.5, 0.6) is 0 Å². The summed E-state index contributed by atoms with van der Waals surface area (Å²) in [7, 11) is 0. The highest BCUT2D eigenvalue weighted by Gasteiger charge is 2.32. The van der Waals surface area contributed by atoms with Crippen molar-refractivity contribution in [3.8, 4) is 0 Å². The van der Waals surface area contributed by atoms with Crippen LogP contribution >= 0.6 is 11.8 Å². The monoisotopic (exact) mass is 295 g/mol. The van der Waals surface area contributed by atoms with Crippen LogP contribution in [0.15, 0.2) is 6.07 Å². The molecule has 1 aromatic rings. The number of anilines is 2. The van der Waals surface area contributed by atoms with Crippen LogP contribution in [0, 0.1) is 0 Å². The first-order valence-corrected chi connectivity index (χ1v) is 8.46. The number of hydrazine groups is 1. The van der Waals surface area contributed by atoms with Crippen LogP contribution in [0.4, 0.5) is 11.6 Å². The van der Waals surface area contributed by atoms with Crippen LogP contribution in [0.25, 0.3) is 0 Å². The Balaban J connectivity index is 2.10.